The number of amides is 1. The smallest absolute Gasteiger partial charge is 0.241 e. The third kappa shape index (κ3) is 4.27. The van der Waals surface area contributed by atoms with Crippen LogP contribution in [0.25, 0.3) is 0 Å². The lowest BCUT2D eigenvalue weighted by atomic mass is 10.1. The van der Waals surface area contributed by atoms with Crippen molar-refractivity contribution >= 4 is 27.5 Å². The number of carbonyl (C=O) groups is 1. The SMILES string of the molecule is NC(Cc1ccc(O)cc1)C(=O)Nc1ccc(F)c(Br)c1. The van der Waals surface area contributed by atoms with E-state index in [1.807, 2.05) is 0 Å². The van der Waals surface area contributed by atoms with Crippen LogP contribution in [0.15, 0.2) is 46.9 Å². The van der Waals surface area contributed by atoms with Gasteiger partial charge in [-0.15, -0.1) is 0 Å². The highest BCUT2D eigenvalue weighted by Gasteiger charge is 2.14. The second-order valence-electron chi connectivity index (χ2n) is 4.60. The van der Waals surface area contributed by atoms with Crippen LogP contribution in [0.2, 0.25) is 0 Å². The number of nitrogens with one attached hydrogen (secondary N) is 1. The molecule has 0 fully saturated rings. The Hall–Kier alpha value is -1.92. The number of nitrogens with two attached hydrogens (primary N) is 1. The molecule has 0 heterocycles. The van der Waals surface area contributed by atoms with Crippen molar-refractivity contribution in [1.82, 2.24) is 0 Å². The predicted octanol–water partition coefficient (Wildman–Crippen LogP) is 2.80. The molecule has 0 bridgehead atoms. The Balaban J connectivity index is 1.98. The lowest BCUT2D eigenvalue weighted by Gasteiger charge is -2.13. The zero-order chi connectivity index (χ0) is 15.4. The number of carbonyl (C=O) groups excluding carboxylic acids is 1. The Labute approximate surface area is 129 Å². The first-order valence-corrected chi connectivity index (χ1v) is 7.04. The third-order valence-corrected chi connectivity index (χ3v) is 3.52. The van der Waals surface area contributed by atoms with Crippen LogP contribution in [-0.2, 0) is 11.2 Å². The van der Waals surface area contributed by atoms with Crippen molar-refractivity contribution in [2.24, 2.45) is 5.73 Å². The molecule has 4 nitrogen and oxygen atoms in total. The van der Waals surface area contributed by atoms with Gasteiger partial charge in [-0.25, -0.2) is 4.39 Å². The number of aromatic hydroxyl groups is 1. The van der Waals surface area contributed by atoms with E-state index in [1.54, 1.807) is 12.1 Å². The zero-order valence-electron chi connectivity index (χ0n) is 11.0. The summed E-state index contributed by atoms with van der Waals surface area (Å²) in [5.41, 5.74) is 7.15. The fourth-order valence-electron chi connectivity index (χ4n) is 1.79. The van der Waals surface area contributed by atoms with Gasteiger partial charge in [0.15, 0.2) is 0 Å². The maximum Gasteiger partial charge on any atom is 0.241 e. The summed E-state index contributed by atoms with van der Waals surface area (Å²) in [6.45, 7) is 0. The highest BCUT2D eigenvalue weighted by Crippen LogP contribution is 2.20. The molecule has 110 valence electrons. The van der Waals surface area contributed by atoms with E-state index in [-0.39, 0.29) is 16.1 Å². The van der Waals surface area contributed by atoms with Gasteiger partial charge < -0.3 is 16.2 Å². The summed E-state index contributed by atoms with van der Waals surface area (Å²) in [5.74, 6) is -0.601. The molecule has 0 saturated carbocycles. The van der Waals surface area contributed by atoms with Gasteiger partial charge in [0.05, 0.1) is 10.5 Å². The molecule has 0 spiro atoms. The Morgan fingerprint density at radius 2 is 1.95 bits per heavy atom. The minimum Gasteiger partial charge on any atom is -0.508 e. The van der Waals surface area contributed by atoms with Crippen LogP contribution in [0.1, 0.15) is 5.56 Å². The molecule has 6 heteroatoms. The number of rotatable bonds is 4. The summed E-state index contributed by atoms with van der Waals surface area (Å²) < 4.78 is 13.4. The first-order valence-electron chi connectivity index (χ1n) is 6.25. The number of phenols is 1. The summed E-state index contributed by atoms with van der Waals surface area (Å²) in [5, 5.41) is 11.8. The van der Waals surface area contributed by atoms with E-state index in [0.29, 0.717) is 12.1 Å². The van der Waals surface area contributed by atoms with Gasteiger partial charge in [0.1, 0.15) is 11.6 Å². The fraction of sp³-hybridized carbons (Fsp3) is 0.133. The molecule has 0 aliphatic rings. The maximum absolute atomic E-state index is 13.1. The standard InChI is InChI=1S/C15H14BrFN2O2/c16-12-8-10(3-6-13(12)17)19-15(21)14(18)7-9-1-4-11(20)5-2-9/h1-6,8,14,20H,7,18H2,(H,19,21). The summed E-state index contributed by atoms with van der Waals surface area (Å²) in [4.78, 5) is 12.0. The van der Waals surface area contributed by atoms with Crippen molar-refractivity contribution < 1.29 is 14.3 Å². The molecule has 21 heavy (non-hydrogen) atoms. The largest absolute Gasteiger partial charge is 0.508 e. The van der Waals surface area contributed by atoms with Crippen LogP contribution in [-0.4, -0.2) is 17.1 Å². The van der Waals surface area contributed by atoms with Gasteiger partial charge in [-0.1, -0.05) is 12.1 Å². The van der Waals surface area contributed by atoms with E-state index < -0.39 is 11.9 Å². The van der Waals surface area contributed by atoms with Crippen molar-refractivity contribution in [1.29, 1.82) is 0 Å². The van der Waals surface area contributed by atoms with Crippen LogP contribution in [0.3, 0.4) is 0 Å². The normalized spacial score (nSPS) is 12.0. The zero-order valence-corrected chi connectivity index (χ0v) is 12.6. The minimum absolute atomic E-state index is 0.160. The molecule has 0 radical (unpaired) electrons. The number of halogens is 2. The van der Waals surface area contributed by atoms with Crippen LogP contribution < -0.4 is 11.1 Å². The summed E-state index contributed by atoms with van der Waals surface area (Å²) >= 11 is 3.05. The summed E-state index contributed by atoms with van der Waals surface area (Å²) in [7, 11) is 0. The molecular formula is C15H14BrFN2O2. The highest BCUT2D eigenvalue weighted by molar-refractivity contribution is 9.10. The van der Waals surface area contributed by atoms with Crippen molar-refractivity contribution in [3.63, 3.8) is 0 Å². The molecule has 0 saturated heterocycles. The molecule has 0 aromatic heterocycles. The first kappa shape index (κ1) is 15.5. The number of hydrogen-bond donors (Lipinski definition) is 3. The molecule has 1 amide bonds. The highest BCUT2D eigenvalue weighted by atomic mass is 79.9. The average Bonchev–Trinajstić information content (AvgIpc) is 2.45. The van der Waals surface area contributed by atoms with Crippen LogP contribution in [0, 0.1) is 5.82 Å². The Morgan fingerprint density at radius 1 is 1.29 bits per heavy atom. The van der Waals surface area contributed by atoms with E-state index in [9.17, 15) is 14.3 Å². The van der Waals surface area contributed by atoms with Gasteiger partial charge in [0.25, 0.3) is 0 Å². The summed E-state index contributed by atoms with van der Waals surface area (Å²) in [6, 6.07) is 9.94. The lowest BCUT2D eigenvalue weighted by Crippen LogP contribution is -2.37. The van der Waals surface area contributed by atoms with Crippen molar-refractivity contribution in [2.45, 2.75) is 12.5 Å². The topological polar surface area (TPSA) is 75.3 Å². The van der Waals surface area contributed by atoms with Gasteiger partial charge in [-0.05, 0) is 58.2 Å². The van der Waals surface area contributed by atoms with E-state index in [0.717, 1.165) is 5.56 Å². The quantitative estimate of drug-likeness (QED) is 0.791. The van der Waals surface area contributed by atoms with E-state index in [2.05, 4.69) is 21.2 Å². The molecule has 2 aromatic rings. The second kappa shape index (κ2) is 6.69. The van der Waals surface area contributed by atoms with Crippen molar-refractivity contribution in [3.8, 4) is 5.75 Å². The molecule has 4 N–H and O–H groups in total. The Morgan fingerprint density at radius 3 is 2.57 bits per heavy atom. The number of anilines is 1. The van der Waals surface area contributed by atoms with Gasteiger partial charge in [0, 0.05) is 5.69 Å². The molecular weight excluding hydrogens is 339 g/mol. The predicted molar refractivity (Wildman–Crippen MR) is 82.5 cm³/mol. The average molecular weight is 353 g/mol. The fourth-order valence-corrected chi connectivity index (χ4v) is 2.17. The lowest BCUT2D eigenvalue weighted by molar-refractivity contribution is -0.117. The van der Waals surface area contributed by atoms with Crippen LogP contribution >= 0.6 is 15.9 Å². The summed E-state index contributed by atoms with van der Waals surface area (Å²) in [6.07, 6.45) is 0.342. The minimum atomic E-state index is -0.738. The maximum atomic E-state index is 13.1. The van der Waals surface area contributed by atoms with Gasteiger partial charge in [-0.2, -0.15) is 0 Å². The van der Waals surface area contributed by atoms with Gasteiger partial charge >= 0.3 is 0 Å². The number of benzene rings is 2. The van der Waals surface area contributed by atoms with E-state index in [4.69, 9.17) is 5.73 Å². The van der Waals surface area contributed by atoms with Gasteiger partial charge in [-0.3, -0.25) is 4.79 Å². The molecule has 0 aliphatic heterocycles. The van der Waals surface area contributed by atoms with E-state index in [1.165, 1.54) is 30.3 Å². The van der Waals surface area contributed by atoms with Crippen LogP contribution in [0.4, 0.5) is 10.1 Å². The second-order valence-corrected chi connectivity index (χ2v) is 5.45. The monoisotopic (exact) mass is 352 g/mol. The molecule has 2 rings (SSSR count). The van der Waals surface area contributed by atoms with Crippen molar-refractivity contribution in [2.75, 3.05) is 5.32 Å². The molecule has 1 unspecified atom stereocenters. The van der Waals surface area contributed by atoms with E-state index >= 15 is 0 Å². The molecule has 1 atom stereocenters. The Kier molecular flexibility index (Phi) is 4.93. The molecule has 0 aliphatic carbocycles. The first-order chi connectivity index (χ1) is 9.95. The Bertz CT molecular complexity index is 647. The van der Waals surface area contributed by atoms with Crippen molar-refractivity contribution in [3.05, 3.63) is 58.3 Å². The number of phenolic OH excluding ortho intramolecular Hbond substituents is 1. The number of hydrogen-bond acceptors (Lipinski definition) is 3. The molecule has 2 aromatic carbocycles. The van der Waals surface area contributed by atoms with Gasteiger partial charge in [0.2, 0.25) is 5.91 Å². The van der Waals surface area contributed by atoms with Crippen LogP contribution in [0.5, 0.6) is 5.75 Å². The third-order valence-electron chi connectivity index (χ3n) is 2.92.